The van der Waals surface area contributed by atoms with E-state index in [0.29, 0.717) is 0 Å². The molecule has 1 saturated heterocycles. The lowest BCUT2D eigenvalue weighted by Crippen LogP contribution is -2.33. The maximum Gasteiger partial charge on any atom is 0.478 e. The highest BCUT2D eigenvalue weighted by Gasteiger charge is 2.35. The lowest BCUT2D eigenvalue weighted by molar-refractivity contribution is -0.0458. The first kappa shape index (κ1) is 22.7. The van der Waals surface area contributed by atoms with Gasteiger partial charge in [0, 0.05) is 12.6 Å². The second kappa shape index (κ2) is 8.54. The molecule has 15 nitrogen and oxygen atoms in total. The van der Waals surface area contributed by atoms with Crippen molar-refractivity contribution in [1.82, 2.24) is 9.55 Å². The summed E-state index contributed by atoms with van der Waals surface area (Å²) in [7, 11) is -10.1. The summed E-state index contributed by atoms with van der Waals surface area (Å²) < 4.78 is 28.6. The van der Waals surface area contributed by atoms with Crippen molar-refractivity contribution in [3.63, 3.8) is 0 Å². The van der Waals surface area contributed by atoms with Gasteiger partial charge in [-0.2, -0.15) is 4.31 Å². The predicted molar refractivity (Wildman–Crippen MR) is 82.5 cm³/mol. The summed E-state index contributed by atoms with van der Waals surface area (Å²) in [4.78, 5) is 55.6. The number of phosphoric acid groups is 2. The minimum absolute atomic E-state index is 0.116. The SMILES string of the molecule is Nc1cn([C@H]2C[C@H](O)[C@@H](CO)O2)c(=O)[nH]c1=O.O=P(O)(O)OP(=O)(O)O. The zero-order chi connectivity index (χ0) is 20.3. The molecular formula is C9H17N3O12P2. The number of aromatic amines is 1. The minimum atomic E-state index is -5.05. The van der Waals surface area contributed by atoms with Crippen molar-refractivity contribution in [2.75, 3.05) is 12.3 Å². The first-order valence-electron chi connectivity index (χ1n) is 6.61. The molecule has 0 bridgehead atoms. The summed E-state index contributed by atoms with van der Waals surface area (Å²) in [5.74, 6) is 0. The quantitative estimate of drug-likeness (QED) is 0.225. The Bertz CT molecular complexity index is 804. The van der Waals surface area contributed by atoms with Gasteiger partial charge in [-0.15, -0.1) is 0 Å². The highest BCUT2D eigenvalue weighted by molar-refractivity contribution is 7.60. The van der Waals surface area contributed by atoms with Crippen molar-refractivity contribution >= 4 is 21.3 Å². The van der Waals surface area contributed by atoms with Gasteiger partial charge in [-0.1, -0.05) is 0 Å². The van der Waals surface area contributed by atoms with Gasteiger partial charge >= 0.3 is 21.3 Å². The number of aromatic nitrogens is 2. The number of rotatable bonds is 4. The van der Waals surface area contributed by atoms with Crippen molar-refractivity contribution in [1.29, 1.82) is 0 Å². The van der Waals surface area contributed by atoms with Gasteiger partial charge in [0.25, 0.3) is 5.56 Å². The predicted octanol–water partition coefficient (Wildman–Crippen LogP) is -3.05. The first-order valence-corrected chi connectivity index (χ1v) is 9.67. The molecule has 0 amide bonds. The zero-order valence-electron chi connectivity index (χ0n) is 12.8. The molecule has 17 heteroatoms. The molecule has 2 heterocycles. The van der Waals surface area contributed by atoms with E-state index in [1.165, 1.54) is 0 Å². The lowest BCUT2D eigenvalue weighted by Gasteiger charge is -2.14. The number of nitrogen functional groups attached to an aromatic ring is 1. The Kier molecular flexibility index (Phi) is 7.44. The molecule has 150 valence electrons. The van der Waals surface area contributed by atoms with E-state index in [9.17, 15) is 23.8 Å². The fourth-order valence-corrected chi connectivity index (χ4v) is 3.01. The number of aliphatic hydroxyl groups is 2. The van der Waals surface area contributed by atoms with Crippen LogP contribution in [0.1, 0.15) is 12.6 Å². The van der Waals surface area contributed by atoms with Gasteiger partial charge in [-0.05, 0) is 0 Å². The first-order chi connectivity index (χ1) is 11.7. The van der Waals surface area contributed by atoms with Gasteiger partial charge in [-0.25, -0.2) is 13.9 Å². The second-order valence-corrected chi connectivity index (χ2v) is 7.54. The van der Waals surface area contributed by atoms with Crippen LogP contribution >= 0.6 is 15.6 Å². The van der Waals surface area contributed by atoms with Crippen LogP contribution in [0.5, 0.6) is 0 Å². The van der Waals surface area contributed by atoms with E-state index in [1.54, 1.807) is 0 Å². The number of nitrogens with two attached hydrogens (primary N) is 1. The summed E-state index contributed by atoms with van der Waals surface area (Å²) in [5, 5.41) is 18.4. The van der Waals surface area contributed by atoms with E-state index < -0.39 is 45.3 Å². The molecule has 1 aliphatic heterocycles. The van der Waals surface area contributed by atoms with E-state index in [1.807, 2.05) is 4.98 Å². The zero-order valence-corrected chi connectivity index (χ0v) is 14.6. The van der Waals surface area contributed by atoms with Crippen LogP contribution in [0.4, 0.5) is 5.69 Å². The topological polar surface area (TPSA) is 255 Å². The molecule has 1 aliphatic rings. The van der Waals surface area contributed by atoms with Gasteiger partial charge in [0.2, 0.25) is 0 Å². The molecule has 0 aromatic carbocycles. The standard InChI is InChI=1S/C9H13N3O5.H4O7P2/c10-4-2-12(9(16)11-8(4)15)7-1-5(14)6(3-13)17-7;1-8(2,3)7-9(4,5)6/h2,5-7,13-14H,1,3,10H2,(H,11,15,16);(H2,1,2,3)(H2,4,5,6)/t5-,6+,7+;/m0./s1. The van der Waals surface area contributed by atoms with Crippen molar-refractivity contribution in [2.45, 2.75) is 24.9 Å². The van der Waals surface area contributed by atoms with Crippen molar-refractivity contribution in [2.24, 2.45) is 0 Å². The van der Waals surface area contributed by atoms with Crippen LogP contribution in [0, 0.1) is 0 Å². The van der Waals surface area contributed by atoms with Crippen LogP contribution in [0.2, 0.25) is 0 Å². The summed E-state index contributed by atoms with van der Waals surface area (Å²) in [6, 6.07) is 0. The highest BCUT2D eigenvalue weighted by Crippen LogP contribution is 2.53. The summed E-state index contributed by atoms with van der Waals surface area (Å²) in [6.07, 6.45) is -1.02. The summed E-state index contributed by atoms with van der Waals surface area (Å²) >= 11 is 0. The number of nitrogens with zero attached hydrogens (tertiary/aromatic N) is 1. The number of H-pyrrole nitrogens is 1. The maximum absolute atomic E-state index is 11.5. The molecule has 26 heavy (non-hydrogen) atoms. The van der Waals surface area contributed by atoms with Crippen molar-refractivity contribution in [3.05, 3.63) is 27.0 Å². The molecular weight excluding hydrogens is 404 g/mol. The number of ether oxygens (including phenoxy) is 1. The second-order valence-electron chi connectivity index (χ2n) is 4.93. The molecule has 3 atom stereocenters. The smallest absolute Gasteiger partial charge is 0.394 e. The van der Waals surface area contributed by atoms with E-state index >= 15 is 0 Å². The Labute approximate surface area is 144 Å². The van der Waals surface area contributed by atoms with E-state index in [2.05, 4.69) is 4.31 Å². The molecule has 0 saturated carbocycles. The average Bonchev–Trinajstić information content (AvgIpc) is 2.80. The average molecular weight is 421 g/mol. The van der Waals surface area contributed by atoms with E-state index in [0.717, 1.165) is 10.8 Å². The molecule has 0 unspecified atom stereocenters. The fourth-order valence-electron chi connectivity index (χ4n) is 1.90. The Hall–Kier alpha value is -1.38. The van der Waals surface area contributed by atoms with Gasteiger partial charge in [0.1, 0.15) is 18.0 Å². The molecule has 1 aromatic rings. The van der Waals surface area contributed by atoms with Crippen molar-refractivity contribution in [3.8, 4) is 0 Å². The molecule has 1 aromatic heterocycles. The summed E-state index contributed by atoms with van der Waals surface area (Å²) in [6.45, 7) is -0.342. The highest BCUT2D eigenvalue weighted by atomic mass is 31.3. The molecule has 9 N–H and O–H groups in total. The Balaban J connectivity index is 0.000000321. The Morgan fingerprint density at radius 3 is 2.19 bits per heavy atom. The lowest BCUT2D eigenvalue weighted by atomic mass is 10.2. The number of hydrogen-bond donors (Lipinski definition) is 8. The van der Waals surface area contributed by atoms with Gasteiger partial charge in [0.05, 0.1) is 12.7 Å². The molecule has 2 rings (SSSR count). The monoisotopic (exact) mass is 421 g/mol. The number of nitrogens with one attached hydrogen (secondary N) is 1. The van der Waals surface area contributed by atoms with Crippen LogP contribution in [-0.4, -0.2) is 58.2 Å². The third kappa shape index (κ3) is 7.09. The molecule has 0 aliphatic carbocycles. The maximum atomic E-state index is 11.5. The normalized spacial score (nSPS) is 23.4. The Morgan fingerprint density at radius 1 is 1.27 bits per heavy atom. The Morgan fingerprint density at radius 2 is 1.81 bits per heavy atom. The number of hydrogen-bond acceptors (Lipinski definition) is 9. The van der Waals surface area contributed by atoms with Crippen LogP contribution in [0.15, 0.2) is 15.8 Å². The minimum Gasteiger partial charge on any atom is -0.394 e. The van der Waals surface area contributed by atoms with Crippen LogP contribution in [0.3, 0.4) is 0 Å². The van der Waals surface area contributed by atoms with Crippen LogP contribution in [-0.2, 0) is 18.2 Å². The van der Waals surface area contributed by atoms with E-state index in [-0.39, 0.29) is 18.7 Å². The van der Waals surface area contributed by atoms with E-state index in [4.69, 9.17) is 35.2 Å². The van der Waals surface area contributed by atoms with Crippen molar-refractivity contribution < 1.29 is 48.0 Å². The van der Waals surface area contributed by atoms with Crippen LogP contribution < -0.4 is 17.0 Å². The third-order valence-corrected chi connectivity index (χ3v) is 4.60. The summed E-state index contributed by atoms with van der Waals surface area (Å²) in [5.41, 5.74) is 3.94. The molecule has 1 fully saturated rings. The molecule has 0 radical (unpaired) electrons. The largest absolute Gasteiger partial charge is 0.478 e. The van der Waals surface area contributed by atoms with Crippen LogP contribution in [0.25, 0.3) is 0 Å². The number of aliphatic hydroxyl groups excluding tert-OH is 2. The van der Waals surface area contributed by atoms with Gasteiger partial charge < -0.3 is 40.3 Å². The van der Waals surface area contributed by atoms with Gasteiger partial charge in [0.15, 0.2) is 0 Å². The number of anilines is 1. The fraction of sp³-hybridized carbons (Fsp3) is 0.556. The molecule has 0 spiro atoms. The third-order valence-electron chi connectivity index (χ3n) is 2.90. The van der Waals surface area contributed by atoms with Gasteiger partial charge in [-0.3, -0.25) is 14.3 Å².